The molecule has 0 spiro atoms. The number of hydrogen-bond donors (Lipinski definition) is 0. The first kappa shape index (κ1) is 28.3. The molecule has 5 aromatic rings. The number of ketones is 1. The van der Waals surface area contributed by atoms with E-state index in [1.54, 1.807) is 18.2 Å². The largest absolute Gasteiger partial charge is 0.461 e. The van der Waals surface area contributed by atoms with E-state index in [0.29, 0.717) is 33.7 Å². The van der Waals surface area contributed by atoms with E-state index in [2.05, 4.69) is 0 Å². The van der Waals surface area contributed by atoms with E-state index in [1.807, 2.05) is 81.2 Å². The van der Waals surface area contributed by atoms with Gasteiger partial charge in [0.05, 0.1) is 29.4 Å². The average molecular weight is 589 g/mol. The summed E-state index contributed by atoms with van der Waals surface area (Å²) < 4.78 is 8.71. The molecule has 5 rings (SSSR count). The van der Waals surface area contributed by atoms with Gasteiger partial charge in [-0.25, -0.2) is 0 Å². The maximum Gasteiger partial charge on any atom is 0.254 e. The fraction of sp³-hybridized carbons (Fsp3) is 0.226. The molecule has 0 saturated heterocycles. The van der Waals surface area contributed by atoms with E-state index < -0.39 is 5.41 Å². The third-order valence-electron chi connectivity index (χ3n) is 6.53. The Kier molecular flexibility index (Phi) is 7.84. The van der Waals surface area contributed by atoms with Crippen molar-refractivity contribution in [3.63, 3.8) is 0 Å². The van der Waals surface area contributed by atoms with Gasteiger partial charge in [-0.1, -0.05) is 62.7 Å². The summed E-state index contributed by atoms with van der Waals surface area (Å²) in [6.07, 6.45) is 1.41. The number of furan rings is 1. The second kappa shape index (κ2) is 11.3. The molecule has 10 heteroatoms. The van der Waals surface area contributed by atoms with Crippen LogP contribution in [0.1, 0.15) is 41.0 Å². The van der Waals surface area contributed by atoms with Crippen molar-refractivity contribution in [1.82, 2.24) is 14.3 Å². The van der Waals surface area contributed by atoms with Gasteiger partial charge in [-0.3, -0.25) is 19.0 Å². The molecule has 0 unspecified atom stereocenters. The van der Waals surface area contributed by atoms with E-state index in [0.717, 1.165) is 10.4 Å². The second-order valence-electron chi connectivity index (χ2n) is 10.7. The molecule has 0 fully saturated rings. The van der Waals surface area contributed by atoms with E-state index in [4.69, 9.17) is 21.1 Å². The highest BCUT2D eigenvalue weighted by Gasteiger charge is 2.29. The highest BCUT2D eigenvalue weighted by molar-refractivity contribution is 7.16. The summed E-state index contributed by atoms with van der Waals surface area (Å²) in [6.45, 7) is 5.72. The van der Waals surface area contributed by atoms with E-state index in [1.165, 1.54) is 32.9 Å². The lowest BCUT2D eigenvalue weighted by Crippen LogP contribution is -2.31. The van der Waals surface area contributed by atoms with Crippen molar-refractivity contribution in [3.8, 4) is 22.5 Å². The van der Waals surface area contributed by atoms with Crippen molar-refractivity contribution < 1.29 is 14.0 Å². The maximum atomic E-state index is 13.6. The SMILES string of the molecule is CN(Cc1ccc(Cl)s1)c1cc(-c2cc(-c3ccccc3)cc(=O)n2CC(=O)c2ccco2)nn1C(=O)C(C)(C)C. The third kappa shape index (κ3) is 6.11. The molecular formula is C31H29ClN4O4S. The molecule has 0 radical (unpaired) electrons. The third-order valence-corrected chi connectivity index (χ3v) is 7.75. The van der Waals surface area contributed by atoms with Crippen molar-refractivity contribution in [3.05, 3.63) is 104 Å². The zero-order chi connectivity index (χ0) is 29.3. The molecule has 0 amide bonds. The Morgan fingerprint density at radius 3 is 2.39 bits per heavy atom. The predicted octanol–water partition coefficient (Wildman–Crippen LogP) is 6.89. The predicted molar refractivity (Wildman–Crippen MR) is 162 cm³/mol. The van der Waals surface area contributed by atoms with Crippen LogP contribution in [0.2, 0.25) is 4.34 Å². The first-order valence-corrected chi connectivity index (χ1v) is 14.2. The summed E-state index contributed by atoms with van der Waals surface area (Å²) in [5.74, 6) is 0.127. The van der Waals surface area contributed by atoms with Crippen LogP contribution in [0.25, 0.3) is 22.5 Å². The Hall–Kier alpha value is -4.21. The zero-order valence-corrected chi connectivity index (χ0v) is 24.7. The van der Waals surface area contributed by atoms with Crippen molar-refractivity contribution in [1.29, 1.82) is 0 Å². The molecule has 41 heavy (non-hydrogen) atoms. The highest BCUT2D eigenvalue weighted by Crippen LogP contribution is 2.31. The normalized spacial score (nSPS) is 11.5. The summed E-state index contributed by atoms with van der Waals surface area (Å²) in [5.41, 5.74) is 1.20. The quantitative estimate of drug-likeness (QED) is 0.183. The van der Waals surface area contributed by atoms with Gasteiger partial charge in [-0.05, 0) is 41.5 Å². The smallest absolute Gasteiger partial charge is 0.254 e. The number of rotatable bonds is 8. The summed E-state index contributed by atoms with van der Waals surface area (Å²) in [5, 5.41) is 4.73. The first-order chi connectivity index (χ1) is 19.5. The Labute approximate surface area is 246 Å². The standard InChI is InChI=1S/C31H29ClN4O4S/c1-31(2,3)30(39)36-28(34(4)18-22-12-13-27(32)41-22)17-23(33-36)24-15-21(20-9-6-5-7-10-20)16-29(38)35(24)19-25(37)26-11-8-14-40-26/h5-17H,18-19H2,1-4H3. The molecule has 8 nitrogen and oxygen atoms in total. The lowest BCUT2D eigenvalue weighted by Gasteiger charge is -2.22. The maximum absolute atomic E-state index is 13.6. The Morgan fingerprint density at radius 1 is 1.00 bits per heavy atom. The molecule has 210 valence electrons. The van der Waals surface area contributed by atoms with Gasteiger partial charge in [0.25, 0.3) is 11.5 Å². The molecule has 0 N–H and O–H groups in total. The zero-order valence-electron chi connectivity index (χ0n) is 23.1. The summed E-state index contributed by atoms with van der Waals surface area (Å²) in [4.78, 5) is 43.1. The minimum Gasteiger partial charge on any atom is -0.461 e. The number of benzene rings is 1. The van der Waals surface area contributed by atoms with Crippen LogP contribution >= 0.6 is 22.9 Å². The molecule has 0 aliphatic heterocycles. The number of Topliss-reactive ketones (excluding diaryl/α,β-unsaturated/α-hetero) is 1. The minimum atomic E-state index is -0.730. The highest BCUT2D eigenvalue weighted by atomic mass is 35.5. The van der Waals surface area contributed by atoms with Gasteiger partial charge in [-0.2, -0.15) is 9.78 Å². The van der Waals surface area contributed by atoms with E-state index in [9.17, 15) is 14.4 Å². The number of pyridine rings is 1. The number of carbonyl (C=O) groups excluding carboxylic acids is 2. The van der Waals surface area contributed by atoms with Crippen LogP contribution < -0.4 is 10.5 Å². The number of anilines is 1. The van der Waals surface area contributed by atoms with Crippen LogP contribution in [0.5, 0.6) is 0 Å². The minimum absolute atomic E-state index is 0.151. The number of halogens is 1. The molecule has 4 aromatic heterocycles. The molecular weight excluding hydrogens is 560 g/mol. The van der Waals surface area contributed by atoms with Crippen LogP contribution in [-0.2, 0) is 13.1 Å². The molecule has 0 atom stereocenters. The van der Waals surface area contributed by atoms with Crippen LogP contribution in [0.4, 0.5) is 5.82 Å². The topological polar surface area (TPSA) is 90.3 Å². The number of hydrogen-bond acceptors (Lipinski definition) is 7. The van der Waals surface area contributed by atoms with E-state index in [-0.39, 0.29) is 29.6 Å². The van der Waals surface area contributed by atoms with Gasteiger partial charge in [0.1, 0.15) is 11.5 Å². The average Bonchev–Trinajstić information content (AvgIpc) is 3.70. The lowest BCUT2D eigenvalue weighted by atomic mass is 9.96. The van der Waals surface area contributed by atoms with Gasteiger partial charge in [0, 0.05) is 29.5 Å². The second-order valence-corrected chi connectivity index (χ2v) is 12.5. The van der Waals surface area contributed by atoms with Gasteiger partial charge in [0.15, 0.2) is 5.76 Å². The van der Waals surface area contributed by atoms with Crippen LogP contribution in [0, 0.1) is 5.41 Å². The fourth-order valence-corrected chi connectivity index (χ4v) is 5.56. The Balaban J connectivity index is 1.67. The molecule has 0 aliphatic rings. The van der Waals surface area contributed by atoms with Crippen LogP contribution in [0.15, 0.2) is 88.3 Å². The number of thiophene rings is 1. The Morgan fingerprint density at radius 2 is 1.76 bits per heavy atom. The summed E-state index contributed by atoms with van der Waals surface area (Å²) in [6, 6.07) is 21.6. The monoisotopic (exact) mass is 588 g/mol. The molecule has 1 aromatic carbocycles. The van der Waals surface area contributed by atoms with E-state index >= 15 is 0 Å². The summed E-state index contributed by atoms with van der Waals surface area (Å²) >= 11 is 7.61. The van der Waals surface area contributed by atoms with Crippen molar-refractivity contribution >= 4 is 40.4 Å². The van der Waals surface area contributed by atoms with Gasteiger partial charge in [-0.15, -0.1) is 11.3 Å². The fourth-order valence-electron chi connectivity index (χ4n) is 4.41. The lowest BCUT2D eigenvalue weighted by molar-refractivity contribution is 0.0750. The van der Waals surface area contributed by atoms with Crippen molar-refractivity contribution in [2.75, 3.05) is 11.9 Å². The summed E-state index contributed by atoms with van der Waals surface area (Å²) in [7, 11) is 1.87. The molecule has 0 bridgehead atoms. The van der Waals surface area contributed by atoms with Crippen molar-refractivity contribution in [2.24, 2.45) is 5.41 Å². The number of aromatic nitrogens is 3. The number of carbonyl (C=O) groups is 2. The van der Waals surface area contributed by atoms with Crippen LogP contribution in [0.3, 0.4) is 0 Å². The molecule has 4 heterocycles. The van der Waals surface area contributed by atoms with Gasteiger partial charge in [0.2, 0.25) is 5.78 Å². The number of nitrogens with zero attached hydrogens (tertiary/aromatic N) is 4. The van der Waals surface area contributed by atoms with Crippen LogP contribution in [-0.4, -0.2) is 33.1 Å². The molecule has 0 saturated carbocycles. The first-order valence-electron chi connectivity index (χ1n) is 13.0. The van der Waals surface area contributed by atoms with Gasteiger partial charge < -0.3 is 9.32 Å². The Bertz CT molecular complexity index is 1760. The van der Waals surface area contributed by atoms with Crippen molar-refractivity contribution in [2.45, 2.75) is 33.9 Å². The molecule has 0 aliphatic carbocycles. The van der Waals surface area contributed by atoms with Gasteiger partial charge >= 0.3 is 0 Å².